The van der Waals surface area contributed by atoms with Crippen molar-refractivity contribution in [3.05, 3.63) is 53.4 Å². The Morgan fingerprint density at radius 3 is 1.55 bits per heavy atom. The van der Waals surface area contributed by atoms with Gasteiger partial charge in [-0.3, -0.25) is 0 Å². The zero-order valence-corrected chi connectivity index (χ0v) is 11.1. The van der Waals surface area contributed by atoms with Crippen LogP contribution in [0.4, 0.5) is 0 Å². The Labute approximate surface area is 115 Å². The molecule has 0 saturated carbocycles. The Morgan fingerprint density at radius 1 is 0.750 bits per heavy atom. The Bertz CT molecular complexity index is 548. The third-order valence-electron chi connectivity index (χ3n) is 2.44. The molecule has 6 heteroatoms. The molecular weight excluding hydrogens is 262 g/mol. The van der Waals surface area contributed by atoms with Crippen LogP contribution < -0.4 is 19.1 Å². The quantitative estimate of drug-likeness (QED) is 0.759. The molecule has 0 amide bonds. The van der Waals surface area contributed by atoms with Gasteiger partial charge in [-0.1, -0.05) is 12.1 Å². The topological polar surface area (TPSA) is 57.0 Å². The lowest BCUT2D eigenvalue weighted by molar-refractivity contribution is -0.920. The van der Waals surface area contributed by atoms with Gasteiger partial charge < -0.3 is 9.47 Å². The van der Waals surface area contributed by atoms with Crippen molar-refractivity contribution in [2.45, 2.75) is 0 Å². The maximum atomic E-state index is 11.6. The molecule has 0 aliphatic carbocycles. The molecule has 104 valence electrons. The predicted molar refractivity (Wildman–Crippen MR) is 70.9 cm³/mol. The first-order valence-electron chi connectivity index (χ1n) is 5.82. The second-order valence-corrected chi connectivity index (χ2v) is 3.76. The zero-order chi connectivity index (χ0) is 14.4. The molecule has 2 rings (SSSR count). The van der Waals surface area contributed by atoms with Crippen molar-refractivity contribution < 1.29 is 24.2 Å². The summed E-state index contributed by atoms with van der Waals surface area (Å²) in [5.41, 5.74) is 0. The van der Waals surface area contributed by atoms with Crippen LogP contribution in [0.2, 0.25) is 0 Å². The summed E-state index contributed by atoms with van der Waals surface area (Å²) in [6, 6.07) is 13.3. The minimum Gasteiger partial charge on any atom is -0.497 e. The van der Waals surface area contributed by atoms with Gasteiger partial charge in [-0.2, -0.15) is 0 Å². The molecule has 2 aromatic carbocycles. The molecule has 0 unspecified atom stereocenters. The van der Waals surface area contributed by atoms with Crippen LogP contribution in [-0.4, -0.2) is 19.3 Å². The van der Waals surface area contributed by atoms with Crippen molar-refractivity contribution in [1.29, 1.82) is 0 Å². The SMILES string of the molecule is COc1cccc(O[N+](=O)Oc2cccc(OC)c2)c1. The van der Waals surface area contributed by atoms with Gasteiger partial charge in [0.1, 0.15) is 16.4 Å². The fourth-order valence-electron chi connectivity index (χ4n) is 1.51. The number of hydrogen-bond acceptors (Lipinski definition) is 5. The summed E-state index contributed by atoms with van der Waals surface area (Å²) in [7, 11) is 3.06. The lowest BCUT2D eigenvalue weighted by Gasteiger charge is -2.00. The van der Waals surface area contributed by atoms with Crippen molar-refractivity contribution >= 4 is 0 Å². The smallest absolute Gasteiger partial charge is 0.489 e. The number of nitrogens with zero attached hydrogens (tertiary/aromatic N) is 1. The maximum absolute atomic E-state index is 11.6. The molecule has 0 saturated heterocycles. The number of benzene rings is 2. The van der Waals surface area contributed by atoms with Crippen molar-refractivity contribution in [2.75, 3.05) is 14.2 Å². The van der Waals surface area contributed by atoms with E-state index in [1.54, 1.807) is 48.5 Å². The highest BCUT2D eigenvalue weighted by atomic mass is 17.0. The number of rotatable bonds is 6. The molecule has 20 heavy (non-hydrogen) atoms. The summed E-state index contributed by atoms with van der Waals surface area (Å²) in [5.74, 6) is 1.78. The summed E-state index contributed by atoms with van der Waals surface area (Å²) < 4.78 is 10.1. The van der Waals surface area contributed by atoms with Gasteiger partial charge in [0.25, 0.3) is 0 Å². The van der Waals surface area contributed by atoms with Crippen molar-refractivity contribution in [2.24, 2.45) is 0 Å². The van der Waals surface area contributed by atoms with Gasteiger partial charge in [-0.05, 0) is 24.3 Å². The average Bonchev–Trinajstić information content (AvgIpc) is 2.47. The highest BCUT2D eigenvalue weighted by Gasteiger charge is 2.17. The molecule has 0 radical (unpaired) electrons. The third-order valence-corrected chi connectivity index (χ3v) is 2.44. The Kier molecular flexibility index (Phi) is 4.39. The van der Waals surface area contributed by atoms with E-state index in [2.05, 4.69) is 0 Å². The lowest BCUT2D eigenvalue weighted by atomic mass is 10.3. The minimum atomic E-state index is 0.0174. The Hall–Kier alpha value is -2.76. The first-order valence-corrected chi connectivity index (χ1v) is 5.82. The Balaban J connectivity index is 2.01. The van der Waals surface area contributed by atoms with E-state index in [1.165, 1.54) is 14.2 Å². The summed E-state index contributed by atoms with van der Waals surface area (Å²) in [5, 5.41) is 0.0174. The van der Waals surface area contributed by atoms with E-state index < -0.39 is 0 Å². The van der Waals surface area contributed by atoms with Crippen LogP contribution in [0.3, 0.4) is 0 Å². The molecule has 0 spiro atoms. The molecule has 6 nitrogen and oxygen atoms in total. The van der Waals surface area contributed by atoms with Gasteiger partial charge in [-0.15, -0.1) is 9.68 Å². The van der Waals surface area contributed by atoms with E-state index in [9.17, 15) is 4.91 Å². The normalized spacial score (nSPS) is 9.70. The predicted octanol–water partition coefficient (Wildman–Crippen LogP) is 2.77. The molecule has 0 atom stereocenters. The second kappa shape index (κ2) is 6.42. The molecule has 0 aromatic heterocycles. The van der Waals surface area contributed by atoms with Gasteiger partial charge >= 0.3 is 5.09 Å². The third kappa shape index (κ3) is 3.61. The molecule has 0 bridgehead atoms. The van der Waals surface area contributed by atoms with Gasteiger partial charge in [0, 0.05) is 12.1 Å². The summed E-state index contributed by atoms with van der Waals surface area (Å²) >= 11 is 0. The summed E-state index contributed by atoms with van der Waals surface area (Å²) in [4.78, 5) is 21.5. The standard InChI is InChI=1S/C14H14NO5/c1-17-11-5-3-7-13(9-11)19-15(16)20-14-8-4-6-12(10-14)18-2/h3-10H,1-2H3/q+1. The van der Waals surface area contributed by atoms with Gasteiger partial charge in [-0.25, -0.2) is 0 Å². The summed E-state index contributed by atoms with van der Waals surface area (Å²) in [6.45, 7) is 0. The number of hydrogen-bond donors (Lipinski definition) is 0. The fraction of sp³-hybridized carbons (Fsp3) is 0.143. The molecule has 0 aliphatic rings. The fourth-order valence-corrected chi connectivity index (χ4v) is 1.51. The van der Waals surface area contributed by atoms with Crippen LogP contribution in [0.15, 0.2) is 48.5 Å². The van der Waals surface area contributed by atoms with E-state index in [-0.39, 0.29) is 5.09 Å². The van der Waals surface area contributed by atoms with Gasteiger partial charge in [0.15, 0.2) is 0 Å². The van der Waals surface area contributed by atoms with Crippen LogP contribution in [0.5, 0.6) is 23.0 Å². The van der Waals surface area contributed by atoms with Gasteiger partial charge in [0.2, 0.25) is 11.5 Å². The molecular formula is C14H14NO5+. The molecule has 0 fully saturated rings. The first kappa shape index (κ1) is 13.7. The summed E-state index contributed by atoms with van der Waals surface area (Å²) in [6.07, 6.45) is 0. The molecule has 2 aromatic rings. The van der Waals surface area contributed by atoms with Crippen molar-refractivity contribution in [3.8, 4) is 23.0 Å². The van der Waals surface area contributed by atoms with Crippen molar-refractivity contribution in [3.63, 3.8) is 0 Å². The van der Waals surface area contributed by atoms with E-state index in [0.29, 0.717) is 23.0 Å². The van der Waals surface area contributed by atoms with E-state index >= 15 is 0 Å². The Morgan fingerprint density at radius 2 is 1.15 bits per heavy atom. The molecule has 0 heterocycles. The van der Waals surface area contributed by atoms with E-state index in [4.69, 9.17) is 19.1 Å². The van der Waals surface area contributed by atoms with Crippen LogP contribution in [0.25, 0.3) is 0 Å². The number of methoxy groups -OCH3 is 2. The van der Waals surface area contributed by atoms with E-state index in [1.807, 2.05) is 0 Å². The highest BCUT2D eigenvalue weighted by Crippen LogP contribution is 2.21. The second-order valence-electron chi connectivity index (χ2n) is 3.76. The highest BCUT2D eigenvalue weighted by molar-refractivity contribution is 5.33. The van der Waals surface area contributed by atoms with Crippen LogP contribution in [-0.2, 0) is 0 Å². The molecule has 0 N–H and O–H groups in total. The zero-order valence-electron chi connectivity index (χ0n) is 11.1. The van der Waals surface area contributed by atoms with Crippen molar-refractivity contribution in [1.82, 2.24) is 0 Å². The minimum absolute atomic E-state index is 0.0174. The largest absolute Gasteiger partial charge is 0.497 e. The molecule has 0 aliphatic heterocycles. The van der Waals surface area contributed by atoms with Crippen LogP contribution >= 0.6 is 0 Å². The van der Waals surface area contributed by atoms with E-state index in [0.717, 1.165) is 0 Å². The first-order chi connectivity index (χ1) is 9.71. The lowest BCUT2D eigenvalue weighted by Crippen LogP contribution is -2.17. The average molecular weight is 276 g/mol. The van der Waals surface area contributed by atoms with Gasteiger partial charge in [0.05, 0.1) is 14.2 Å². The maximum Gasteiger partial charge on any atom is 0.489 e. The van der Waals surface area contributed by atoms with Crippen LogP contribution in [0.1, 0.15) is 0 Å². The monoisotopic (exact) mass is 276 g/mol. The van der Waals surface area contributed by atoms with Crippen LogP contribution in [0, 0.1) is 4.91 Å². The number of ether oxygens (including phenoxy) is 2.